The van der Waals surface area contributed by atoms with Crippen LogP contribution in [-0.4, -0.2) is 13.2 Å². The zero-order chi connectivity index (χ0) is 14.5. The molecule has 0 saturated carbocycles. The zero-order valence-corrected chi connectivity index (χ0v) is 12.3. The van der Waals surface area contributed by atoms with Gasteiger partial charge in [-0.2, -0.15) is 0 Å². The second-order valence-electron chi connectivity index (χ2n) is 5.34. The monoisotopic (exact) mass is 283 g/mol. The lowest BCUT2D eigenvalue weighted by atomic mass is 10.1. The highest BCUT2D eigenvalue weighted by Gasteiger charge is 2.13. The molecule has 0 aliphatic carbocycles. The van der Waals surface area contributed by atoms with Crippen LogP contribution >= 0.6 is 0 Å². The average molecular weight is 283 g/mol. The summed E-state index contributed by atoms with van der Waals surface area (Å²) in [5.74, 6) is 1.71. The SMILES string of the molecule is CC(NCc1ccccc1)c1ccc2c(c1)OCCCO2. The minimum Gasteiger partial charge on any atom is -0.490 e. The number of benzene rings is 2. The van der Waals surface area contributed by atoms with E-state index in [-0.39, 0.29) is 6.04 Å². The van der Waals surface area contributed by atoms with Gasteiger partial charge in [-0.05, 0) is 30.2 Å². The van der Waals surface area contributed by atoms with Crippen molar-refractivity contribution in [2.24, 2.45) is 0 Å². The van der Waals surface area contributed by atoms with Crippen LogP contribution in [0.15, 0.2) is 48.5 Å². The Bertz CT molecular complexity index is 583. The van der Waals surface area contributed by atoms with Crippen molar-refractivity contribution in [1.29, 1.82) is 0 Å². The fourth-order valence-electron chi connectivity index (χ4n) is 2.43. The first kappa shape index (κ1) is 14.0. The van der Waals surface area contributed by atoms with Gasteiger partial charge >= 0.3 is 0 Å². The molecule has 110 valence electrons. The molecule has 1 aliphatic heterocycles. The molecule has 1 N–H and O–H groups in total. The van der Waals surface area contributed by atoms with E-state index in [0.717, 1.165) is 37.7 Å². The van der Waals surface area contributed by atoms with Gasteiger partial charge in [-0.15, -0.1) is 0 Å². The Balaban J connectivity index is 1.67. The summed E-state index contributed by atoms with van der Waals surface area (Å²) in [4.78, 5) is 0. The number of nitrogens with one attached hydrogen (secondary N) is 1. The molecule has 3 heteroatoms. The van der Waals surface area contributed by atoms with Crippen molar-refractivity contribution in [2.45, 2.75) is 25.9 Å². The predicted octanol–water partition coefficient (Wildman–Crippen LogP) is 3.70. The van der Waals surface area contributed by atoms with Crippen LogP contribution in [0.4, 0.5) is 0 Å². The molecule has 2 aromatic carbocycles. The van der Waals surface area contributed by atoms with E-state index in [0.29, 0.717) is 0 Å². The van der Waals surface area contributed by atoms with Gasteiger partial charge in [0, 0.05) is 19.0 Å². The molecular weight excluding hydrogens is 262 g/mol. The van der Waals surface area contributed by atoms with Gasteiger partial charge in [0.1, 0.15) is 0 Å². The number of ether oxygens (including phenoxy) is 2. The van der Waals surface area contributed by atoms with Gasteiger partial charge in [-0.3, -0.25) is 0 Å². The maximum absolute atomic E-state index is 5.75. The van der Waals surface area contributed by atoms with Gasteiger partial charge < -0.3 is 14.8 Å². The van der Waals surface area contributed by atoms with Crippen LogP contribution in [0.25, 0.3) is 0 Å². The Morgan fingerprint density at radius 1 is 1.00 bits per heavy atom. The molecule has 1 atom stereocenters. The smallest absolute Gasteiger partial charge is 0.161 e. The normalized spacial score (nSPS) is 15.3. The second-order valence-corrected chi connectivity index (χ2v) is 5.34. The van der Waals surface area contributed by atoms with E-state index in [2.05, 4.69) is 48.6 Å². The molecule has 0 aromatic heterocycles. The average Bonchev–Trinajstić information content (AvgIpc) is 2.78. The van der Waals surface area contributed by atoms with E-state index in [4.69, 9.17) is 9.47 Å². The fraction of sp³-hybridized carbons (Fsp3) is 0.333. The fourth-order valence-corrected chi connectivity index (χ4v) is 2.43. The first-order valence-corrected chi connectivity index (χ1v) is 7.50. The molecule has 1 heterocycles. The maximum atomic E-state index is 5.75. The molecule has 21 heavy (non-hydrogen) atoms. The number of rotatable bonds is 4. The van der Waals surface area contributed by atoms with Crippen molar-refractivity contribution in [1.82, 2.24) is 5.32 Å². The van der Waals surface area contributed by atoms with Gasteiger partial charge in [0.15, 0.2) is 11.5 Å². The number of hydrogen-bond acceptors (Lipinski definition) is 3. The van der Waals surface area contributed by atoms with Crippen LogP contribution in [0, 0.1) is 0 Å². The molecule has 2 aromatic rings. The molecule has 0 spiro atoms. The van der Waals surface area contributed by atoms with Gasteiger partial charge in [0.25, 0.3) is 0 Å². The van der Waals surface area contributed by atoms with Crippen LogP contribution in [0.3, 0.4) is 0 Å². The lowest BCUT2D eigenvalue weighted by molar-refractivity contribution is 0.297. The predicted molar refractivity (Wildman–Crippen MR) is 83.7 cm³/mol. The van der Waals surface area contributed by atoms with Crippen LogP contribution in [-0.2, 0) is 6.54 Å². The van der Waals surface area contributed by atoms with E-state index in [9.17, 15) is 0 Å². The molecule has 1 aliphatic rings. The standard InChI is InChI=1S/C18H21NO2/c1-14(19-13-15-6-3-2-4-7-15)16-8-9-17-18(12-16)21-11-5-10-20-17/h2-4,6-9,12,14,19H,5,10-11,13H2,1H3. The minimum absolute atomic E-state index is 0.266. The Morgan fingerprint density at radius 3 is 2.57 bits per heavy atom. The quantitative estimate of drug-likeness (QED) is 0.928. The molecule has 0 fully saturated rings. The molecule has 0 saturated heterocycles. The summed E-state index contributed by atoms with van der Waals surface area (Å²) in [5.41, 5.74) is 2.51. The third-order valence-electron chi connectivity index (χ3n) is 3.73. The molecule has 3 rings (SSSR count). The zero-order valence-electron chi connectivity index (χ0n) is 12.3. The number of fused-ring (bicyclic) bond motifs is 1. The summed E-state index contributed by atoms with van der Waals surface area (Å²) in [6, 6.07) is 16.9. The molecular formula is C18H21NO2. The van der Waals surface area contributed by atoms with E-state index in [1.165, 1.54) is 11.1 Å². The van der Waals surface area contributed by atoms with Crippen LogP contribution in [0.1, 0.15) is 30.5 Å². The Morgan fingerprint density at radius 2 is 1.76 bits per heavy atom. The van der Waals surface area contributed by atoms with Crippen LogP contribution in [0.2, 0.25) is 0 Å². The largest absolute Gasteiger partial charge is 0.490 e. The highest BCUT2D eigenvalue weighted by atomic mass is 16.5. The number of hydrogen-bond donors (Lipinski definition) is 1. The Hall–Kier alpha value is -2.00. The van der Waals surface area contributed by atoms with E-state index >= 15 is 0 Å². The summed E-state index contributed by atoms with van der Waals surface area (Å²) in [7, 11) is 0. The summed E-state index contributed by atoms with van der Waals surface area (Å²) >= 11 is 0. The summed E-state index contributed by atoms with van der Waals surface area (Å²) in [6.07, 6.45) is 0.936. The van der Waals surface area contributed by atoms with E-state index in [1.807, 2.05) is 12.1 Å². The van der Waals surface area contributed by atoms with Gasteiger partial charge in [-0.25, -0.2) is 0 Å². The highest BCUT2D eigenvalue weighted by molar-refractivity contribution is 5.44. The van der Waals surface area contributed by atoms with Gasteiger partial charge in [-0.1, -0.05) is 36.4 Å². The van der Waals surface area contributed by atoms with Crippen LogP contribution in [0.5, 0.6) is 11.5 Å². The third kappa shape index (κ3) is 3.56. The molecule has 3 nitrogen and oxygen atoms in total. The minimum atomic E-state index is 0.266. The van der Waals surface area contributed by atoms with Gasteiger partial charge in [0.2, 0.25) is 0 Å². The summed E-state index contributed by atoms with van der Waals surface area (Å²) < 4.78 is 11.4. The molecule has 0 bridgehead atoms. The second kappa shape index (κ2) is 6.64. The summed E-state index contributed by atoms with van der Waals surface area (Å²) in [5, 5.41) is 3.54. The third-order valence-corrected chi connectivity index (χ3v) is 3.73. The first-order valence-electron chi connectivity index (χ1n) is 7.50. The molecule has 1 unspecified atom stereocenters. The van der Waals surface area contributed by atoms with Crippen molar-refractivity contribution in [3.63, 3.8) is 0 Å². The lowest BCUT2D eigenvalue weighted by Gasteiger charge is -2.16. The lowest BCUT2D eigenvalue weighted by Crippen LogP contribution is -2.18. The maximum Gasteiger partial charge on any atom is 0.161 e. The van der Waals surface area contributed by atoms with Crippen molar-refractivity contribution in [3.8, 4) is 11.5 Å². The first-order chi connectivity index (χ1) is 10.3. The van der Waals surface area contributed by atoms with Crippen molar-refractivity contribution >= 4 is 0 Å². The topological polar surface area (TPSA) is 30.5 Å². The van der Waals surface area contributed by atoms with E-state index < -0.39 is 0 Å². The van der Waals surface area contributed by atoms with Crippen molar-refractivity contribution < 1.29 is 9.47 Å². The summed E-state index contributed by atoms with van der Waals surface area (Å²) in [6.45, 7) is 4.48. The Kier molecular flexibility index (Phi) is 4.41. The Labute approximate surface area is 125 Å². The molecule has 0 amide bonds. The van der Waals surface area contributed by atoms with Gasteiger partial charge in [0.05, 0.1) is 13.2 Å². The van der Waals surface area contributed by atoms with Crippen molar-refractivity contribution in [2.75, 3.05) is 13.2 Å². The van der Waals surface area contributed by atoms with Crippen molar-refractivity contribution in [3.05, 3.63) is 59.7 Å². The molecule has 0 radical (unpaired) electrons. The van der Waals surface area contributed by atoms with E-state index in [1.54, 1.807) is 0 Å². The van der Waals surface area contributed by atoms with Crippen LogP contribution < -0.4 is 14.8 Å². The highest BCUT2D eigenvalue weighted by Crippen LogP contribution is 2.32.